The van der Waals surface area contributed by atoms with Gasteiger partial charge in [0.2, 0.25) is 0 Å². The van der Waals surface area contributed by atoms with E-state index in [1.165, 1.54) is 50.7 Å². The van der Waals surface area contributed by atoms with E-state index >= 15 is 0 Å². The van der Waals surface area contributed by atoms with E-state index < -0.39 is 0 Å². The Labute approximate surface area is 178 Å². The van der Waals surface area contributed by atoms with Gasteiger partial charge in [0.1, 0.15) is 11.5 Å². The number of hydrogen-bond donors (Lipinski definition) is 0. The molecule has 0 heterocycles. The summed E-state index contributed by atoms with van der Waals surface area (Å²) < 4.78 is 5.01. The summed E-state index contributed by atoms with van der Waals surface area (Å²) in [5.74, 6) is 3.24. The van der Waals surface area contributed by atoms with Gasteiger partial charge in [-0.15, -0.1) is 0 Å². The summed E-state index contributed by atoms with van der Waals surface area (Å²) in [5.41, 5.74) is 1.35. The average Bonchev–Trinajstić information content (AvgIpc) is 2.74. The molecule has 3 atom stereocenters. The maximum absolute atomic E-state index is 11.5. The highest BCUT2D eigenvalue weighted by molar-refractivity contribution is 5.86. The molecule has 2 rings (SSSR count). The van der Waals surface area contributed by atoms with Crippen LogP contribution in [0.3, 0.4) is 0 Å². The predicted molar refractivity (Wildman–Crippen MR) is 123 cm³/mol. The van der Waals surface area contributed by atoms with E-state index in [4.69, 9.17) is 4.74 Å². The molecular weight excluding hydrogens is 360 g/mol. The molecule has 1 aliphatic carbocycles. The van der Waals surface area contributed by atoms with Gasteiger partial charge in [0.05, 0.1) is 7.11 Å². The van der Waals surface area contributed by atoms with Crippen LogP contribution in [0.15, 0.2) is 36.9 Å². The molecule has 0 bridgehead atoms. The van der Waals surface area contributed by atoms with Crippen molar-refractivity contribution in [2.24, 2.45) is 17.8 Å². The van der Waals surface area contributed by atoms with Crippen LogP contribution in [0, 0.1) is 17.8 Å². The van der Waals surface area contributed by atoms with Crippen LogP contribution in [0.5, 0.6) is 5.75 Å². The largest absolute Gasteiger partial charge is 0.497 e. The molecule has 0 aromatic heterocycles. The topological polar surface area (TPSA) is 43.4 Å². The van der Waals surface area contributed by atoms with Gasteiger partial charge in [-0.05, 0) is 75.1 Å². The molecule has 3 unspecified atom stereocenters. The van der Waals surface area contributed by atoms with Crippen LogP contribution in [0.4, 0.5) is 0 Å². The molecule has 0 spiro atoms. The van der Waals surface area contributed by atoms with Gasteiger partial charge in [-0.2, -0.15) is 0 Å². The molecule has 0 radical (unpaired) electrons. The van der Waals surface area contributed by atoms with Gasteiger partial charge in [-0.3, -0.25) is 9.59 Å². The second kappa shape index (κ2) is 16.0. The van der Waals surface area contributed by atoms with Gasteiger partial charge in [0.25, 0.3) is 0 Å². The molecule has 3 nitrogen and oxygen atoms in total. The van der Waals surface area contributed by atoms with E-state index in [9.17, 15) is 9.59 Å². The standard InChI is InChI=1S/C13H24O.C9H12O.C4H6O/c1-4-10(2)9-12-7-5-6-8-13(12)11(3)14;1-3-8-4-6-9(10-2)7-5-8;1-3-4(2)5/h10,12-13H,4-9H2,1-3H3;4-7H,3H2,1-2H3;3H,1H2,2H3. The maximum atomic E-state index is 11.5. The number of ketones is 2. The zero-order valence-corrected chi connectivity index (χ0v) is 19.5. The molecule has 3 heteroatoms. The van der Waals surface area contributed by atoms with Crippen LogP contribution in [0.25, 0.3) is 0 Å². The van der Waals surface area contributed by atoms with Crippen LogP contribution in [-0.2, 0) is 16.0 Å². The Morgan fingerprint density at radius 3 is 2.10 bits per heavy atom. The minimum atomic E-state index is 0.0185. The van der Waals surface area contributed by atoms with Crippen molar-refractivity contribution in [1.82, 2.24) is 0 Å². The number of carbonyl (C=O) groups is 2. The van der Waals surface area contributed by atoms with Gasteiger partial charge in [-0.25, -0.2) is 0 Å². The normalized spacial score (nSPS) is 18.8. The summed E-state index contributed by atoms with van der Waals surface area (Å²) in [6, 6.07) is 8.13. The Hall–Kier alpha value is -1.90. The summed E-state index contributed by atoms with van der Waals surface area (Å²) in [4.78, 5) is 21.2. The molecule has 0 saturated heterocycles. The smallest absolute Gasteiger partial charge is 0.152 e. The van der Waals surface area contributed by atoms with Crippen LogP contribution >= 0.6 is 0 Å². The second-order valence-corrected chi connectivity index (χ2v) is 8.03. The van der Waals surface area contributed by atoms with Crippen molar-refractivity contribution in [3.05, 3.63) is 42.5 Å². The first-order chi connectivity index (χ1) is 13.8. The number of hydrogen-bond acceptors (Lipinski definition) is 3. The molecule has 1 fully saturated rings. The summed E-state index contributed by atoms with van der Waals surface area (Å²) >= 11 is 0. The third-order valence-corrected chi connectivity index (χ3v) is 5.69. The highest BCUT2D eigenvalue weighted by Crippen LogP contribution is 2.35. The van der Waals surface area contributed by atoms with E-state index in [0.29, 0.717) is 17.6 Å². The first-order valence-corrected chi connectivity index (χ1v) is 11.0. The number of rotatable bonds is 7. The highest BCUT2D eigenvalue weighted by atomic mass is 16.5. The Bertz CT molecular complexity index is 565. The van der Waals surface area contributed by atoms with Gasteiger partial charge in [0.15, 0.2) is 5.78 Å². The Morgan fingerprint density at radius 1 is 1.14 bits per heavy atom. The average molecular weight is 403 g/mol. The van der Waals surface area contributed by atoms with Crippen LogP contribution in [0.1, 0.15) is 78.7 Å². The van der Waals surface area contributed by atoms with Gasteiger partial charge in [-0.1, -0.05) is 58.7 Å². The Balaban J connectivity index is 0.000000455. The molecular formula is C26H42O3. The third kappa shape index (κ3) is 12.3. The predicted octanol–water partition coefficient (Wildman–Crippen LogP) is 6.84. The van der Waals surface area contributed by atoms with Crippen molar-refractivity contribution in [1.29, 1.82) is 0 Å². The quantitative estimate of drug-likeness (QED) is 0.469. The molecule has 1 aromatic rings. The molecule has 0 N–H and O–H groups in total. The third-order valence-electron chi connectivity index (χ3n) is 5.69. The molecule has 1 aromatic carbocycles. The zero-order chi connectivity index (χ0) is 22.2. The number of Topliss-reactive ketones (excluding diaryl/α,β-unsaturated/α-hetero) is 1. The van der Waals surface area contributed by atoms with E-state index in [1.807, 2.05) is 12.1 Å². The van der Waals surface area contributed by atoms with E-state index in [2.05, 4.69) is 39.5 Å². The lowest BCUT2D eigenvalue weighted by Crippen LogP contribution is -2.26. The molecule has 164 valence electrons. The van der Waals surface area contributed by atoms with Crippen LogP contribution in [-0.4, -0.2) is 18.7 Å². The van der Waals surface area contributed by atoms with Crippen LogP contribution < -0.4 is 4.74 Å². The highest BCUT2D eigenvalue weighted by Gasteiger charge is 2.28. The monoisotopic (exact) mass is 402 g/mol. The van der Waals surface area contributed by atoms with Crippen LogP contribution in [0.2, 0.25) is 0 Å². The van der Waals surface area contributed by atoms with Crippen molar-refractivity contribution in [3.63, 3.8) is 0 Å². The lowest BCUT2D eigenvalue weighted by Gasteiger charge is -2.31. The van der Waals surface area contributed by atoms with Crippen molar-refractivity contribution in [2.75, 3.05) is 7.11 Å². The number of carbonyl (C=O) groups excluding carboxylic acids is 2. The molecule has 29 heavy (non-hydrogen) atoms. The Morgan fingerprint density at radius 2 is 1.69 bits per heavy atom. The van der Waals surface area contributed by atoms with E-state index in [-0.39, 0.29) is 5.78 Å². The fourth-order valence-electron chi connectivity index (χ4n) is 3.57. The lowest BCUT2D eigenvalue weighted by molar-refractivity contribution is -0.123. The van der Waals surface area contributed by atoms with Gasteiger partial charge in [0, 0.05) is 5.92 Å². The lowest BCUT2D eigenvalue weighted by atomic mass is 9.73. The number of benzene rings is 1. The minimum absolute atomic E-state index is 0.0185. The first-order valence-electron chi connectivity index (χ1n) is 11.0. The molecule has 1 aliphatic rings. The number of ether oxygens (including phenoxy) is 1. The van der Waals surface area contributed by atoms with Gasteiger partial charge < -0.3 is 4.74 Å². The Kier molecular flexibility index (Phi) is 14.9. The van der Waals surface area contributed by atoms with Crippen molar-refractivity contribution in [2.45, 2.75) is 79.6 Å². The summed E-state index contributed by atoms with van der Waals surface area (Å²) in [5, 5.41) is 0. The summed E-state index contributed by atoms with van der Waals surface area (Å²) in [6.07, 6.45) is 9.92. The molecule has 0 aliphatic heterocycles. The van der Waals surface area contributed by atoms with E-state index in [1.54, 1.807) is 14.0 Å². The summed E-state index contributed by atoms with van der Waals surface area (Å²) in [7, 11) is 1.68. The molecule has 0 amide bonds. The van der Waals surface area contributed by atoms with Crippen molar-refractivity contribution < 1.29 is 14.3 Å². The van der Waals surface area contributed by atoms with Gasteiger partial charge >= 0.3 is 0 Å². The fraction of sp³-hybridized carbons (Fsp3) is 0.615. The number of allylic oxidation sites excluding steroid dienone is 1. The maximum Gasteiger partial charge on any atom is 0.152 e. The van der Waals surface area contributed by atoms with Crippen molar-refractivity contribution in [3.8, 4) is 5.75 Å². The SMILES string of the molecule is C=CC(C)=O.CCC(C)CC1CCCCC1C(C)=O.CCc1ccc(OC)cc1. The first kappa shape index (κ1) is 27.1. The number of methoxy groups -OCH3 is 1. The van der Waals surface area contributed by atoms with Crippen molar-refractivity contribution >= 4 is 11.6 Å². The van der Waals surface area contributed by atoms with E-state index in [0.717, 1.165) is 24.5 Å². The molecule has 1 saturated carbocycles. The number of aryl methyl sites for hydroxylation is 1. The summed E-state index contributed by atoms with van der Waals surface area (Å²) in [6.45, 7) is 13.2. The second-order valence-electron chi connectivity index (χ2n) is 8.03. The zero-order valence-electron chi connectivity index (χ0n) is 19.5. The fourth-order valence-corrected chi connectivity index (χ4v) is 3.57. The minimum Gasteiger partial charge on any atom is -0.497 e.